The van der Waals surface area contributed by atoms with E-state index in [9.17, 15) is 10.1 Å². The van der Waals surface area contributed by atoms with Crippen LogP contribution in [-0.2, 0) is 0 Å². The predicted octanol–water partition coefficient (Wildman–Crippen LogP) is 5.71. The second kappa shape index (κ2) is 12.1. The van der Waals surface area contributed by atoms with Crippen LogP contribution in [0, 0.1) is 11.3 Å². The van der Waals surface area contributed by atoms with Crippen LogP contribution in [0.4, 0.5) is 0 Å². The highest BCUT2D eigenvalue weighted by molar-refractivity contribution is 5.91. The Morgan fingerprint density at radius 2 is 1.76 bits per heavy atom. The molecule has 0 bridgehead atoms. The molecule has 0 aromatic heterocycles. The molecule has 1 aliphatic rings. The fraction of sp³-hybridized carbons (Fsp3) is 0.267. The summed E-state index contributed by atoms with van der Waals surface area (Å²) in [5, 5.41) is 9.89. The summed E-state index contributed by atoms with van der Waals surface area (Å²) in [5.41, 5.74) is 8.30. The second-order valence-electron chi connectivity index (χ2n) is 8.58. The van der Waals surface area contributed by atoms with Crippen molar-refractivity contribution in [2.24, 2.45) is 5.73 Å². The van der Waals surface area contributed by atoms with Crippen molar-refractivity contribution in [2.45, 2.75) is 32.6 Å². The van der Waals surface area contributed by atoms with E-state index < -0.39 is 11.9 Å². The van der Waals surface area contributed by atoms with Crippen molar-refractivity contribution < 1.29 is 28.5 Å². The van der Waals surface area contributed by atoms with Gasteiger partial charge in [-0.15, -0.1) is 0 Å². The summed E-state index contributed by atoms with van der Waals surface area (Å²) in [4.78, 5) is 12.7. The third-order valence-electron chi connectivity index (χ3n) is 6.08. The van der Waals surface area contributed by atoms with E-state index in [0.29, 0.717) is 47.3 Å². The van der Waals surface area contributed by atoms with Crippen LogP contribution in [0.1, 0.15) is 54.1 Å². The standard InChI is InChI=1S/C30H30N2O6/c1-4-6-15-36-25-14-9-20(16-27(25)34-3)28-23-13-12-22(17-26(23)38-29(32)24(28)18-31)37-30(33)19-7-10-21(11-8-19)35-5-2/h7-14,16-17,28H,4-6,15,32H2,1-3H3. The van der Waals surface area contributed by atoms with E-state index in [2.05, 4.69) is 13.0 Å². The zero-order valence-corrected chi connectivity index (χ0v) is 21.7. The van der Waals surface area contributed by atoms with Crippen LogP contribution in [0.25, 0.3) is 0 Å². The summed E-state index contributed by atoms with van der Waals surface area (Å²) in [5.74, 6) is 1.50. The molecule has 8 nitrogen and oxygen atoms in total. The lowest BCUT2D eigenvalue weighted by Crippen LogP contribution is -2.21. The average Bonchev–Trinajstić information content (AvgIpc) is 2.93. The van der Waals surface area contributed by atoms with Crippen molar-refractivity contribution in [3.05, 3.63) is 88.8 Å². The smallest absolute Gasteiger partial charge is 0.343 e. The second-order valence-corrected chi connectivity index (χ2v) is 8.58. The third kappa shape index (κ3) is 5.68. The molecular weight excluding hydrogens is 484 g/mol. The summed E-state index contributed by atoms with van der Waals surface area (Å²) < 4.78 is 28.2. The summed E-state index contributed by atoms with van der Waals surface area (Å²) >= 11 is 0. The van der Waals surface area contributed by atoms with Gasteiger partial charge >= 0.3 is 5.97 Å². The molecule has 0 radical (unpaired) electrons. The zero-order valence-electron chi connectivity index (χ0n) is 21.7. The molecule has 4 rings (SSSR count). The highest BCUT2D eigenvalue weighted by Gasteiger charge is 2.32. The van der Waals surface area contributed by atoms with Crippen molar-refractivity contribution in [3.63, 3.8) is 0 Å². The maximum absolute atomic E-state index is 12.7. The minimum Gasteiger partial charge on any atom is -0.494 e. The van der Waals surface area contributed by atoms with Crippen LogP contribution in [0.15, 0.2) is 72.1 Å². The number of rotatable bonds is 10. The molecule has 0 saturated heterocycles. The number of esters is 1. The van der Waals surface area contributed by atoms with Crippen molar-refractivity contribution in [3.8, 4) is 34.8 Å². The van der Waals surface area contributed by atoms with E-state index in [0.717, 1.165) is 18.4 Å². The Bertz CT molecular complexity index is 1370. The quantitative estimate of drug-likeness (QED) is 0.208. The molecule has 0 amide bonds. The normalized spacial score (nSPS) is 14.1. The number of allylic oxidation sites excluding steroid dienone is 1. The molecule has 2 N–H and O–H groups in total. The monoisotopic (exact) mass is 514 g/mol. The lowest BCUT2D eigenvalue weighted by atomic mass is 9.83. The molecule has 8 heteroatoms. The molecule has 0 aliphatic carbocycles. The number of fused-ring (bicyclic) bond motifs is 1. The highest BCUT2D eigenvalue weighted by Crippen LogP contribution is 2.45. The lowest BCUT2D eigenvalue weighted by Gasteiger charge is -2.27. The van der Waals surface area contributed by atoms with Gasteiger partial charge in [-0.1, -0.05) is 25.5 Å². The van der Waals surface area contributed by atoms with Gasteiger partial charge in [0.15, 0.2) is 11.5 Å². The molecule has 1 atom stereocenters. The maximum atomic E-state index is 12.7. The molecule has 196 valence electrons. The molecule has 0 saturated carbocycles. The Labute approximate surface area is 222 Å². The van der Waals surface area contributed by atoms with Gasteiger partial charge in [-0.2, -0.15) is 5.26 Å². The van der Waals surface area contributed by atoms with Gasteiger partial charge in [-0.25, -0.2) is 4.79 Å². The van der Waals surface area contributed by atoms with E-state index in [1.54, 1.807) is 49.6 Å². The zero-order chi connectivity index (χ0) is 27.1. The first kappa shape index (κ1) is 26.4. The first-order valence-electron chi connectivity index (χ1n) is 12.5. The Kier molecular flexibility index (Phi) is 8.39. The molecule has 3 aromatic carbocycles. The summed E-state index contributed by atoms with van der Waals surface area (Å²) in [6.07, 6.45) is 1.95. The van der Waals surface area contributed by atoms with E-state index in [1.165, 1.54) is 0 Å². The van der Waals surface area contributed by atoms with Gasteiger partial charge in [0.25, 0.3) is 0 Å². The van der Waals surface area contributed by atoms with E-state index in [-0.39, 0.29) is 17.2 Å². The van der Waals surface area contributed by atoms with Crippen LogP contribution >= 0.6 is 0 Å². The van der Waals surface area contributed by atoms with Crippen LogP contribution in [-0.4, -0.2) is 26.3 Å². The van der Waals surface area contributed by atoms with Crippen molar-refractivity contribution in [1.82, 2.24) is 0 Å². The summed E-state index contributed by atoms with van der Waals surface area (Å²) in [6, 6.07) is 19.5. The van der Waals surface area contributed by atoms with E-state index in [4.69, 9.17) is 29.4 Å². The van der Waals surface area contributed by atoms with Gasteiger partial charge in [-0.05, 0) is 61.4 Å². The lowest BCUT2D eigenvalue weighted by molar-refractivity contribution is 0.0734. The van der Waals surface area contributed by atoms with Crippen molar-refractivity contribution >= 4 is 5.97 Å². The average molecular weight is 515 g/mol. The SMILES string of the molecule is CCCCOc1ccc(C2C(C#N)=C(N)Oc3cc(OC(=O)c4ccc(OCC)cc4)ccc32)cc1OC. The number of benzene rings is 3. The molecule has 1 heterocycles. The fourth-order valence-corrected chi connectivity index (χ4v) is 4.17. The van der Waals surface area contributed by atoms with Crippen LogP contribution in [0.5, 0.6) is 28.7 Å². The van der Waals surface area contributed by atoms with Gasteiger partial charge in [0.1, 0.15) is 28.9 Å². The topological polar surface area (TPSA) is 113 Å². The largest absolute Gasteiger partial charge is 0.494 e. The highest BCUT2D eigenvalue weighted by atomic mass is 16.5. The number of hydrogen-bond acceptors (Lipinski definition) is 8. The molecule has 0 fully saturated rings. The Hall–Kier alpha value is -4.64. The molecule has 3 aromatic rings. The number of carbonyl (C=O) groups excluding carboxylic acids is 1. The van der Waals surface area contributed by atoms with Crippen LogP contribution in [0.2, 0.25) is 0 Å². The molecule has 1 aliphatic heterocycles. The fourth-order valence-electron chi connectivity index (χ4n) is 4.17. The van der Waals surface area contributed by atoms with Crippen molar-refractivity contribution in [1.29, 1.82) is 5.26 Å². The molecule has 1 unspecified atom stereocenters. The van der Waals surface area contributed by atoms with Gasteiger partial charge in [0.05, 0.1) is 31.8 Å². The molecular formula is C30H30N2O6. The number of ether oxygens (including phenoxy) is 5. The number of nitrogens with two attached hydrogens (primary N) is 1. The minimum absolute atomic E-state index is 0.0118. The Morgan fingerprint density at radius 3 is 2.45 bits per heavy atom. The number of nitriles is 1. The summed E-state index contributed by atoms with van der Waals surface area (Å²) in [7, 11) is 1.57. The van der Waals surface area contributed by atoms with Crippen molar-refractivity contribution in [2.75, 3.05) is 20.3 Å². The Balaban J connectivity index is 1.62. The number of nitrogens with zero attached hydrogens (tertiary/aromatic N) is 1. The number of methoxy groups -OCH3 is 1. The predicted molar refractivity (Wildman–Crippen MR) is 142 cm³/mol. The Morgan fingerprint density at radius 1 is 1.00 bits per heavy atom. The summed E-state index contributed by atoms with van der Waals surface area (Å²) in [6.45, 7) is 5.11. The van der Waals surface area contributed by atoms with E-state index in [1.807, 2.05) is 25.1 Å². The molecule has 0 spiro atoms. The minimum atomic E-state index is -0.523. The van der Waals surface area contributed by atoms with Gasteiger partial charge in [0, 0.05) is 11.6 Å². The number of unbranched alkanes of at least 4 members (excludes halogenated alkanes) is 1. The van der Waals surface area contributed by atoms with Gasteiger partial charge in [-0.3, -0.25) is 0 Å². The first-order chi connectivity index (χ1) is 18.5. The third-order valence-corrected chi connectivity index (χ3v) is 6.08. The van der Waals surface area contributed by atoms with Crippen LogP contribution in [0.3, 0.4) is 0 Å². The van der Waals surface area contributed by atoms with Crippen LogP contribution < -0.4 is 29.4 Å². The first-order valence-corrected chi connectivity index (χ1v) is 12.5. The maximum Gasteiger partial charge on any atom is 0.343 e. The number of hydrogen-bond donors (Lipinski definition) is 1. The van der Waals surface area contributed by atoms with Gasteiger partial charge < -0.3 is 29.4 Å². The van der Waals surface area contributed by atoms with E-state index >= 15 is 0 Å². The number of carbonyl (C=O) groups is 1. The molecule has 38 heavy (non-hydrogen) atoms. The van der Waals surface area contributed by atoms with Gasteiger partial charge in [0.2, 0.25) is 5.88 Å².